The Bertz CT molecular complexity index is 657. The van der Waals surface area contributed by atoms with Gasteiger partial charge in [-0.15, -0.1) is 0 Å². The van der Waals surface area contributed by atoms with Crippen LogP contribution in [0.2, 0.25) is 0 Å². The van der Waals surface area contributed by atoms with Gasteiger partial charge in [-0.25, -0.2) is 13.2 Å². The molecule has 0 aromatic carbocycles. The molecule has 0 radical (unpaired) electrons. The lowest BCUT2D eigenvalue weighted by Gasteiger charge is -2.38. The van der Waals surface area contributed by atoms with E-state index < -0.39 is 38.0 Å². The lowest BCUT2D eigenvalue weighted by molar-refractivity contribution is -0.144. The van der Waals surface area contributed by atoms with Gasteiger partial charge >= 0.3 is 5.97 Å². The number of sulfone groups is 1. The Morgan fingerprint density at radius 3 is 2.58 bits per heavy atom. The average Bonchev–Trinajstić information content (AvgIpc) is 3.06. The Balaban J connectivity index is 1.73. The second kappa shape index (κ2) is 5.79. The van der Waals surface area contributed by atoms with Gasteiger partial charge in [0.05, 0.1) is 36.9 Å². The number of fused-ring (bicyclic) bond motifs is 1. The number of carbonyl (C=O) groups excluding carboxylic acids is 1. The summed E-state index contributed by atoms with van der Waals surface area (Å²) in [6.07, 6.45) is 0.323. The van der Waals surface area contributed by atoms with Crippen LogP contribution in [0.4, 0.5) is 0 Å². The third-order valence-corrected chi connectivity index (χ3v) is 8.37. The molecule has 3 aliphatic rings. The van der Waals surface area contributed by atoms with E-state index in [1.807, 2.05) is 0 Å². The first-order valence-electron chi connectivity index (χ1n) is 8.10. The van der Waals surface area contributed by atoms with Gasteiger partial charge in [-0.1, -0.05) is 6.58 Å². The summed E-state index contributed by atoms with van der Waals surface area (Å²) in [6.45, 7) is 4.81. The summed E-state index contributed by atoms with van der Waals surface area (Å²) in [5, 5.41) is 19.2. The minimum atomic E-state index is -3.29. The normalized spacial score (nSPS) is 41.5. The molecule has 5 atom stereocenters. The molecule has 0 aromatic rings. The lowest BCUT2D eigenvalue weighted by atomic mass is 9.73. The first kappa shape index (κ1) is 17.8. The van der Waals surface area contributed by atoms with Gasteiger partial charge in [-0.2, -0.15) is 0 Å². The topological polar surface area (TPSA) is 110 Å². The summed E-state index contributed by atoms with van der Waals surface area (Å²) < 4.78 is 35.7. The molecule has 1 saturated heterocycles. The molecule has 1 heterocycles. The average molecular weight is 360 g/mol. The van der Waals surface area contributed by atoms with Gasteiger partial charge in [0.2, 0.25) is 0 Å². The van der Waals surface area contributed by atoms with Gasteiger partial charge < -0.3 is 19.7 Å². The van der Waals surface area contributed by atoms with Crippen LogP contribution in [0.15, 0.2) is 12.2 Å². The van der Waals surface area contributed by atoms with Gasteiger partial charge in [0.1, 0.15) is 6.61 Å². The van der Waals surface area contributed by atoms with E-state index in [4.69, 9.17) is 9.47 Å². The minimum absolute atomic E-state index is 0.0177. The molecular formula is C16H24O7S. The van der Waals surface area contributed by atoms with E-state index in [-0.39, 0.29) is 38.1 Å². The zero-order valence-electron chi connectivity index (χ0n) is 13.7. The Kier molecular flexibility index (Phi) is 4.31. The van der Waals surface area contributed by atoms with E-state index in [2.05, 4.69) is 6.58 Å². The zero-order chi connectivity index (χ0) is 17.8. The van der Waals surface area contributed by atoms with Crippen LogP contribution in [0.1, 0.15) is 19.8 Å². The lowest BCUT2D eigenvalue weighted by Crippen LogP contribution is -2.46. The van der Waals surface area contributed by atoms with Crippen LogP contribution in [-0.2, 0) is 24.1 Å². The van der Waals surface area contributed by atoms with E-state index >= 15 is 0 Å². The highest BCUT2D eigenvalue weighted by molar-refractivity contribution is 7.92. The predicted octanol–water partition coefficient (Wildman–Crippen LogP) is -0.331. The molecule has 0 aromatic heterocycles. The van der Waals surface area contributed by atoms with Crippen LogP contribution in [0.5, 0.6) is 0 Å². The van der Waals surface area contributed by atoms with Gasteiger partial charge in [0, 0.05) is 22.3 Å². The number of aliphatic hydroxyl groups excluding tert-OH is 2. The molecule has 2 bridgehead atoms. The molecule has 2 saturated carbocycles. The number of carbonyl (C=O) groups is 1. The molecule has 5 unspecified atom stereocenters. The molecule has 8 heteroatoms. The molecule has 0 amide bonds. The Labute approximate surface area is 141 Å². The summed E-state index contributed by atoms with van der Waals surface area (Å²) in [5.41, 5.74) is -1.05. The number of aliphatic hydroxyl groups is 2. The highest BCUT2D eigenvalue weighted by Crippen LogP contribution is 2.70. The SMILES string of the molecule is C=C(C)C(=O)OCCOC1C2CS(=O)(=O)C3CC1(CO)CC23CO. The van der Waals surface area contributed by atoms with Crippen molar-refractivity contribution >= 4 is 15.8 Å². The van der Waals surface area contributed by atoms with Gasteiger partial charge in [-0.05, 0) is 19.8 Å². The van der Waals surface area contributed by atoms with E-state index in [1.165, 1.54) is 0 Å². The third-order valence-electron chi connectivity index (χ3n) is 6.04. The highest BCUT2D eigenvalue weighted by atomic mass is 32.2. The number of hydrogen-bond acceptors (Lipinski definition) is 7. The molecule has 3 rings (SSSR count). The Morgan fingerprint density at radius 1 is 1.29 bits per heavy atom. The van der Waals surface area contributed by atoms with Gasteiger partial charge in [0.25, 0.3) is 0 Å². The smallest absolute Gasteiger partial charge is 0.333 e. The quantitative estimate of drug-likeness (QED) is 0.363. The first-order valence-corrected chi connectivity index (χ1v) is 9.81. The molecule has 3 fully saturated rings. The maximum atomic E-state index is 12.4. The number of esters is 1. The van der Waals surface area contributed by atoms with Gasteiger partial charge in [0.15, 0.2) is 9.84 Å². The summed E-state index contributed by atoms with van der Waals surface area (Å²) in [5.74, 6) is -0.843. The van der Waals surface area contributed by atoms with Crippen molar-refractivity contribution in [3.63, 3.8) is 0 Å². The maximum absolute atomic E-state index is 12.4. The van der Waals surface area contributed by atoms with Crippen LogP contribution < -0.4 is 0 Å². The Hall–Kier alpha value is -0.960. The first-order chi connectivity index (χ1) is 11.2. The van der Waals surface area contributed by atoms with E-state index in [1.54, 1.807) is 6.92 Å². The monoisotopic (exact) mass is 360 g/mol. The summed E-state index contributed by atoms with van der Waals surface area (Å²) in [4.78, 5) is 11.4. The van der Waals surface area contributed by atoms with Crippen molar-refractivity contribution < 1.29 is 32.9 Å². The third kappa shape index (κ3) is 2.34. The molecule has 24 heavy (non-hydrogen) atoms. The van der Waals surface area contributed by atoms with E-state index in [9.17, 15) is 23.4 Å². The van der Waals surface area contributed by atoms with E-state index in [0.717, 1.165) is 0 Å². The fraction of sp³-hybridized carbons (Fsp3) is 0.812. The summed E-state index contributed by atoms with van der Waals surface area (Å²) >= 11 is 0. The molecule has 2 aliphatic carbocycles. The molecule has 2 N–H and O–H groups in total. The molecule has 1 aliphatic heterocycles. The summed E-state index contributed by atoms with van der Waals surface area (Å²) in [7, 11) is -3.29. The van der Waals surface area contributed by atoms with Crippen molar-refractivity contribution in [3.8, 4) is 0 Å². The standard InChI is InChI=1S/C16H24O7S/c1-10(2)14(19)23-4-3-22-13-11-6-24(20,21)12-5-15(13,8-17)7-16(11,12)9-18/h11-13,17-18H,1,3-9H2,2H3. The van der Waals surface area contributed by atoms with Crippen molar-refractivity contribution in [1.29, 1.82) is 0 Å². The number of rotatable bonds is 7. The van der Waals surface area contributed by atoms with Crippen LogP contribution in [-0.4, -0.2) is 68.1 Å². The largest absolute Gasteiger partial charge is 0.460 e. The Morgan fingerprint density at radius 2 is 2.00 bits per heavy atom. The minimum Gasteiger partial charge on any atom is -0.460 e. The second-order valence-electron chi connectivity index (χ2n) is 7.42. The van der Waals surface area contributed by atoms with Gasteiger partial charge in [-0.3, -0.25) is 0 Å². The van der Waals surface area contributed by atoms with Crippen molar-refractivity contribution in [2.75, 3.05) is 32.2 Å². The van der Waals surface area contributed by atoms with Crippen molar-refractivity contribution in [1.82, 2.24) is 0 Å². The van der Waals surface area contributed by atoms with Crippen LogP contribution in [0, 0.1) is 16.7 Å². The molecule has 0 spiro atoms. The highest BCUT2D eigenvalue weighted by Gasteiger charge is 2.76. The predicted molar refractivity (Wildman–Crippen MR) is 84.8 cm³/mol. The summed E-state index contributed by atoms with van der Waals surface area (Å²) in [6, 6.07) is 0. The van der Waals surface area contributed by atoms with Crippen LogP contribution in [0.25, 0.3) is 0 Å². The molecular weight excluding hydrogens is 336 g/mol. The number of ether oxygens (including phenoxy) is 2. The van der Waals surface area contributed by atoms with Crippen molar-refractivity contribution in [2.24, 2.45) is 16.7 Å². The van der Waals surface area contributed by atoms with Crippen LogP contribution >= 0.6 is 0 Å². The number of hydrogen-bond donors (Lipinski definition) is 2. The fourth-order valence-electron chi connectivity index (χ4n) is 5.04. The molecule has 7 nitrogen and oxygen atoms in total. The molecule has 136 valence electrons. The van der Waals surface area contributed by atoms with E-state index in [0.29, 0.717) is 18.4 Å². The van der Waals surface area contributed by atoms with Crippen molar-refractivity contribution in [2.45, 2.75) is 31.1 Å². The maximum Gasteiger partial charge on any atom is 0.333 e. The fourth-order valence-corrected chi connectivity index (χ4v) is 7.92. The van der Waals surface area contributed by atoms with Crippen molar-refractivity contribution in [3.05, 3.63) is 12.2 Å². The van der Waals surface area contributed by atoms with Crippen LogP contribution in [0.3, 0.4) is 0 Å². The zero-order valence-corrected chi connectivity index (χ0v) is 14.5. The second-order valence-corrected chi connectivity index (χ2v) is 9.65.